The zero-order valence-electron chi connectivity index (χ0n) is 17.0. The number of nitrogens with one attached hydrogen (secondary N) is 1. The summed E-state index contributed by atoms with van der Waals surface area (Å²) in [4.78, 5) is 36.6. The van der Waals surface area contributed by atoms with E-state index in [-0.39, 0.29) is 11.6 Å². The molecule has 4 aromatic rings. The molecule has 0 saturated heterocycles. The number of fused-ring (bicyclic) bond motifs is 2. The second-order valence-corrected chi connectivity index (χ2v) is 8.47. The fourth-order valence-electron chi connectivity index (χ4n) is 3.83. The highest BCUT2D eigenvalue weighted by molar-refractivity contribution is 7.10. The molecule has 0 aliphatic carbocycles. The Morgan fingerprint density at radius 2 is 2.03 bits per heavy atom. The summed E-state index contributed by atoms with van der Waals surface area (Å²) in [6.07, 6.45) is 2.31. The van der Waals surface area contributed by atoms with Crippen molar-refractivity contribution in [2.45, 2.75) is 19.1 Å². The number of benzene rings is 1. The van der Waals surface area contributed by atoms with Crippen molar-refractivity contribution in [1.29, 1.82) is 0 Å². The van der Waals surface area contributed by atoms with Crippen LogP contribution in [0, 0.1) is 0 Å². The van der Waals surface area contributed by atoms with Gasteiger partial charge in [0.1, 0.15) is 5.69 Å². The van der Waals surface area contributed by atoms with Crippen LogP contribution in [0.2, 0.25) is 0 Å². The molecule has 0 bridgehead atoms. The lowest BCUT2D eigenvalue weighted by Gasteiger charge is -2.27. The molecule has 3 aromatic heterocycles. The molecule has 1 aliphatic rings. The van der Waals surface area contributed by atoms with Crippen molar-refractivity contribution < 1.29 is 22.8 Å². The molecule has 5 rings (SSSR count). The lowest BCUT2D eigenvalue weighted by atomic mass is 10.0. The molecule has 0 saturated carbocycles. The van der Waals surface area contributed by atoms with Gasteiger partial charge in [-0.3, -0.25) is 19.0 Å². The van der Waals surface area contributed by atoms with E-state index in [4.69, 9.17) is 0 Å². The van der Waals surface area contributed by atoms with Crippen LogP contribution in [0.25, 0.3) is 5.65 Å². The summed E-state index contributed by atoms with van der Waals surface area (Å²) < 4.78 is 40.5. The van der Waals surface area contributed by atoms with Crippen molar-refractivity contribution in [2.75, 3.05) is 11.9 Å². The predicted molar refractivity (Wildman–Crippen MR) is 115 cm³/mol. The van der Waals surface area contributed by atoms with Crippen molar-refractivity contribution in [3.8, 4) is 0 Å². The number of aromatic nitrogens is 3. The topological polar surface area (TPSA) is 79.6 Å². The number of rotatable bonds is 3. The molecule has 0 unspecified atom stereocenters. The van der Waals surface area contributed by atoms with Gasteiger partial charge in [-0.25, -0.2) is 4.98 Å². The molecule has 1 N–H and O–H groups in total. The molecule has 2 amide bonds. The number of hydrogen-bond donors (Lipinski definition) is 1. The fraction of sp³-hybridized carbons (Fsp3) is 0.182. The number of alkyl halides is 3. The third-order valence-electron chi connectivity index (χ3n) is 5.46. The molecule has 1 aliphatic heterocycles. The monoisotopic (exact) mass is 471 g/mol. The minimum atomic E-state index is -4.49. The van der Waals surface area contributed by atoms with E-state index < -0.39 is 17.6 Å². The first-order chi connectivity index (χ1) is 15.8. The Morgan fingerprint density at radius 1 is 1.18 bits per heavy atom. The average molecular weight is 471 g/mol. The number of imidazole rings is 1. The van der Waals surface area contributed by atoms with E-state index in [0.717, 1.165) is 22.6 Å². The van der Waals surface area contributed by atoms with E-state index in [2.05, 4.69) is 15.3 Å². The minimum Gasteiger partial charge on any atom is -0.332 e. The summed E-state index contributed by atoms with van der Waals surface area (Å²) in [7, 11) is 0. The molecular weight excluding hydrogens is 455 g/mol. The number of hydrogen-bond acceptors (Lipinski definition) is 5. The van der Waals surface area contributed by atoms with Gasteiger partial charge in [0.05, 0.1) is 30.1 Å². The van der Waals surface area contributed by atoms with E-state index in [9.17, 15) is 22.8 Å². The van der Waals surface area contributed by atoms with Crippen LogP contribution in [0.4, 0.5) is 18.9 Å². The lowest BCUT2D eigenvalue weighted by molar-refractivity contribution is -0.137. The number of amides is 2. The largest absolute Gasteiger partial charge is 0.416 e. The van der Waals surface area contributed by atoms with Gasteiger partial charge in [0.2, 0.25) is 0 Å². The smallest absolute Gasteiger partial charge is 0.332 e. The number of carbonyl (C=O) groups is 2. The first kappa shape index (κ1) is 21.1. The number of halogens is 3. The van der Waals surface area contributed by atoms with Crippen LogP contribution in [0.15, 0.2) is 54.4 Å². The summed E-state index contributed by atoms with van der Waals surface area (Å²) in [5.41, 5.74) is 1.48. The fourth-order valence-corrected chi connectivity index (χ4v) is 4.92. The zero-order valence-corrected chi connectivity index (χ0v) is 17.8. The normalized spacial score (nSPS) is 13.7. The van der Waals surface area contributed by atoms with Gasteiger partial charge in [-0.15, -0.1) is 11.3 Å². The number of nitrogens with zero attached hydrogens (tertiary/aromatic N) is 4. The van der Waals surface area contributed by atoms with Crippen LogP contribution in [0.5, 0.6) is 0 Å². The first-order valence-corrected chi connectivity index (χ1v) is 10.8. The zero-order chi connectivity index (χ0) is 23.2. The van der Waals surface area contributed by atoms with Gasteiger partial charge in [0.25, 0.3) is 11.8 Å². The van der Waals surface area contributed by atoms with Crippen molar-refractivity contribution in [3.05, 3.63) is 81.7 Å². The van der Waals surface area contributed by atoms with Crippen LogP contribution in [0.1, 0.15) is 36.9 Å². The molecular formula is C22H16F3N5O2S. The van der Waals surface area contributed by atoms with Gasteiger partial charge >= 0.3 is 6.18 Å². The third kappa shape index (κ3) is 3.95. The van der Waals surface area contributed by atoms with Crippen molar-refractivity contribution in [3.63, 3.8) is 0 Å². The second-order valence-electron chi connectivity index (χ2n) is 7.51. The van der Waals surface area contributed by atoms with E-state index in [1.807, 2.05) is 0 Å². The highest BCUT2D eigenvalue weighted by atomic mass is 32.1. The van der Waals surface area contributed by atoms with Crippen LogP contribution in [0.3, 0.4) is 0 Å². The predicted octanol–water partition coefficient (Wildman–Crippen LogP) is 4.26. The molecule has 0 fully saturated rings. The summed E-state index contributed by atoms with van der Waals surface area (Å²) in [6.45, 7) is 0.749. The molecule has 0 spiro atoms. The molecule has 11 heteroatoms. The van der Waals surface area contributed by atoms with E-state index >= 15 is 0 Å². The average Bonchev–Trinajstić information content (AvgIpc) is 3.42. The van der Waals surface area contributed by atoms with Crippen LogP contribution >= 0.6 is 11.3 Å². The summed E-state index contributed by atoms with van der Waals surface area (Å²) >= 11 is 1.35. The van der Waals surface area contributed by atoms with Crippen LogP contribution in [-0.2, 0) is 19.1 Å². The van der Waals surface area contributed by atoms with Gasteiger partial charge in [0, 0.05) is 34.9 Å². The lowest BCUT2D eigenvalue weighted by Crippen LogP contribution is -2.36. The number of thiophene rings is 1. The van der Waals surface area contributed by atoms with Gasteiger partial charge in [0.15, 0.2) is 5.65 Å². The van der Waals surface area contributed by atoms with Gasteiger partial charge in [-0.05, 0) is 30.2 Å². The molecule has 1 aromatic carbocycles. The Hall–Kier alpha value is -3.73. The molecule has 0 radical (unpaired) electrons. The Morgan fingerprint density at radius 3 is 2.85 bits per heavy atom. The maximum Gasteiger partial charge on any atom is 0.416 e. The first-order valence-electron chi connectivity index (χ1n) is 9.95. The van der Waals surface area contributed by atoms with Gasteiger partial charge in [-0.2, -0.15) is 13.2 Å². The van der Waals surface area contributed by atoms with Crippen molar-refractivity contribution in [2.24, 2.45) is 0 Å². The van der Waals surface area contributed by atoms with Crippen LogP contribution in [-0.4, -0.2) is 37.6 Å². The van der Waals surface area contributed by atoms with E-state index in [1.54, 1.807) is 33.3 Å². The Bertz CT molecular complexity index is 1380. The van der Waals surface area contributed by atoms with E-state index in [0.29, 0.717) is 36.4 Å². The molecule has 7 nitrogen and oxygen atoms in total. The summed E-state index contributed by atoms with van der Waals surface area (Å²) in [5.74, 6) is -0.649. The van der Waals surface area contributed by atoms with E-state index in [1.165, 1.54) is 29.7 Å². The maximum absolute atomic E-state index is 13.1. The maximum atomic E-state index is 13.1. The minimum absolute atomic E-state index is 0.0736. The van der Waals surface area contributed by atoms with Crippen LogP contribution < -0.4 is 5.32 Å². The molecule has 0 atom stereocenters. The summed E-state index contributed by atoms with van der Waals surface area (Å²) in [5, 5.41) is 4.24. The summed E-state index contributed by atoms with van der Waals surface area (Å²) in [6, 6.07) is 4.52. The van der Waals surface area contributed by atoms with Crippen molar-refractivity contribution in [1.82, 2.24) is 19.3 Å². The Balaban J connectivity index is 1.33. The van der Waals surface area contributed by atoms with Gasteiger partial charge < -0.3 is 10.2 Å². The highest BCUT2D eigenvalue weighted by Crippen LogP contribution is 2.32. The number of anilines is 1. The molecule has 33 heavy (non-hydrogen) atoms. The molecule has 4 heterocycles. The second kappa shape index (κ2) is 8.00. The Kier molecular flexibility index (Phi) is 5.12. The number of carbonyl (C=O) groups excluding carboxylic acids is 2. The highest BCUT2D eigenvalue weighted by Gasteiger charge is 2.31. The van der Waals surface area contributed by atoms with Gasteiger partial charge in [-0.1, -0.05) is 6.07 Å². The quantitative estimate of drug-likeness (QED) is 0.484. The molecule has 168 valence electrons. The third-order valence-corrected chi connectivity index (χ3v) is 6.48. The Labute approximate surface area is 189 Å². The SMILES string of the molecule is O=C(Nc1cccc(C(F)(F)F)c1)c1csc2c1CCN(C(=O)c1cnc3cnccn13)C2. The van der Waals surface area contributed by atoms with Crippen molar-refractivity contribution >= 4 is 34.5 Å². The standard InChI is InChI=1S/C22H16F3N5O2S/c23-22(24,25)13-2-1-3-14(8-13)28-20(31)16-12-33-18-11-29(6-4-15(16)18)21(32)17-9-27-19-10-26-5-7-30(17)19/h1-3,5,7-10,12H,4,6,11H2,(H,28,31).